The molecule has 0 aliphatic heterocycles. The van der Waals surface area contributed by atoms with E-state index in [-0.39, 0.29) is 11.5 Å². The molecule has 4 nitrogen and oxygen atoms in total. The van der Waals surface area contributed by atoms with Crippen LogP contribution in [0.2, 0.25) is 0 Å². The van der Waals surface area contributed by atoms with Crippen LogP contribution in [0.4, 0.5) is 5.00 Å². The van der Waals surface area contributed by atoms with Crippen LogP contribution in [0.1, 0.15) is 38.8 Å². The quantitative estimate of drug-likeness (QED) is 0.650. The normalized spacial score (nSPS) is 10.5. The molecule has 1 aromatic heterocycles. The van der Waals surface area contributed by atoms with Crippen molar-refractivity contribution in [2.45, 2.75) is 20.3 Å². The van der Waals surface area contributed by atoms with Crippen LogP contribution < -0.4 is 5.32 Å². The topological polar surface area (TPSA) is 66.4 Å². The SMILES string of the molecule is CCc1ccc(-c2csc(NC(=O)c3ccc(C)cc3)c2C(=O)O)cc1. The highest BCUT2D eigenvalue weighted by Gasteiger charge is 2.21. The first-order valence-corrected chi connectivity index (χ1v) is 9.19. The number of carboxylic acids is 1. The maximum atomic E-state index is 12.4. The van der Waals surface area contributed by atoms with Gasteiger partial charge in [0.15, 0.2) is 0 Å². The minimum atomic E-state index is -1.06. The summed E-state index contributed by atoms with van der Waals surface area (Å²) in [6.07, 6.45) is 0.924. The first-order chi connectivity index (χ1) is 12.5. The molecule has 26 heavy (non-hydrogen) atoms. The molecular weight excluding hydrogens is 346 g/mol. The molecule has 2 N–H and O–H groups in total. The number of hydrogen-bond acceptors (Lipinski definition) is 3. The van der Waals surface area contributed by atoms with Gasteiger partial charge < -0.3 is 10.4 Å². The number of aromatic carboxylic acids is 1. The molecule has 3 rings (SSSR count). The van der Waals surface area contributed by atoms with Gasteiger partial charge in [0.1, 0.15) is 10.6 Å². The number of hydrogen-bond donors (Lipinski definition) is 2. The average molecular weight is 365 g/mol. The molecule has 0 unspecified atom stereocenters. The molecule has 1 amide bonds. The number of amides is 1. The van der Waals surface area contributed by atoms with Crippen LogP contribution in [0, 0.1) is 6.92 Å². The van der Waals surface area contributed by atoms with Crippen molar-refractivity contribution in [1.29, 1.82) is 0 Å². The van der Waals surface area contributed by atoms with E-state index in [4.69, 9.17) is 0 Å². The Hall–Kier alpha value is -2.92. The third kappa shape index (κ3) is 3.68. The van der Waals surface area contributed by atoms with Crippen molar-refractivity contribution in [2.75, 3.05) is 5.32 Å². The highest BCUT2D eigenvalue weighted by molar-refractivity contribution is 7.15. The molecule has 0 atom stereocenters. The Morgan fingerprint density at radius 2 is 1.69 bits per heavy atom. The summed E-state index contributed by atoms with van der Waals surface area (Å²) in [5.74, 6) is -1.37. The fraction of sp³-hybridized carbons (Fsp3) is 0.143. The van der Waals surface area contributed by atoms with Gasteiger partial charge in [-0.2, -0.15) is 0 Å². The number of carboxylic acid groups (broad SMARTS) is 1. The van der Waals surface area contributed by atoms with Gasteiger partial charge in [-0.1, -0.05) is 48.9 Å². The lowest BCUT2D eigenvalue weighted by Gasteiger charge is -2.07. The van der Waals surface area contributed by atoms with Crippen molar-refractivity contribution in [2.24, 2.45) is 0 Å². The molecule has 2 aromatic carbocycles. The Kier molecular flexibility index (Phi) is 5.19. The number of aryl methyl sites for hydroxylation is 2. The first-order valence-electron chi connectivity index (χ1n) is 8.31. The highest BCUT2D eigenvalue weighted by atomic mass is 32.1. The number of nitrogens with one attached hydrogen (secondary N) is 1. The zero-order chi connectivity index (χ0) is 18.7. The number of rotatable bonds is 5. The summed E-state index contributed by atoms with van der Waals surface area (Å²) in [4.78, 5) is 24.3. The number of anilines is 1. The van der Waals surface area contributed by atoms with Crippen molar-refractivity contribution >= 4 is 28.2 Å². The molecule has 0 spiro atoms. The standard InChI is InChI=1S/C21H19NO3S/c1-3-14-6-10-15(11-7-14)17-12-26-20(18(17)21(24)25)22-19(23)16-8-4-13(2)5-9-16/h4-12H,3H2,1-2H3,(H,22,23)(H,24,25). The maximum absolute atomic E-state index is 12.4. The second-order valence-electron chi connectivity index (χ2n) is 6.03. The predicted octanol–water partition coefficient (Wildman–Crippen LogP) is 5.24. The molecule has 0 saturated carbocycles. The lowest BCUT2D eigenvalue weighted by molar-refractivity contribution is 0.0699. The van der Waals surface area contributed by atoms with E-state index >= 15 is 0 Å². The van der Waals surface area contributed by atoms with E-state index in [2.05, 4.69) is 12.2 Å². The van der Waals surface area contributed by atoms with Crippen molar-refractivity contribution in [3.8, 4) is 11.1 Å². The summed E-state index contributed by atoms with van der Waals surface area (Å²) in [7, 11) is 0. The molecule has 0 aliphatic rings. The largest absolute Gasteiger partial charge is 0.478 e. The van der Waals surface area contributed by atoms with E-state index in [1.807, 2.05) is 43.3 Å². The molecule has 5 heteroatoms. The van der Waals surface area contributed by atoms with E-state index in [1.54, 1.807) is 17.5 Å². The van der Waals surface area contributed by atoms with Crippen molar-refractivity contribution < 1.29 is 14.7 Å². The zero-order valence-corrected chi connectivity index (χ0v) is 15.4. The molecule has 132 valence electrons. The number of carbonyl (C=O) groups is 2. The fourth-order valence-corrected chi connectivity index (χ4v) is 3.63. The van der Waals surface area contributed by atoms with Crippen LogP contribution in [0.3, 0.4) is 0 Å². The third-order valence-corrected chi connectivity index (χ3v) is 5.11. The van der Waals surface area contributed by atoms with Crippen molar-refractivity contribution in [3.63, 3.8) is 0 Å². The molecular formula is C21H19NO3S. The van der Waals surface area contributed by atoms with Crippen LogP contribution in [0.5, 0.6) is 0 Å². The smallest absolute Gasteiger partial charge is 0.339 e. The Morgan fingerprint density at radius 3 is 2.27 bits per heavy atom. The minimum absolute atomic E-state index is 0.125. The Labute approximate surface area is 156 Å². The van der Waals surface area contributed by atoms with Gasteiger partial charge in [-0.05, 0) is 36.6 Å². The summed E-state index contributed by atoms with van der Waals surface area (Å²) in [6.45, 7) is 4.01. The number of thiophene rings is 1. The van der Waals surface area contributed by atoms with Gasteiger partial charge in [0.25, 0.3) is 5.91 Å². The van der Waals surface area contributed by atoms with Gasteiger partial charge >= 0.3 is 5.97 Å². The number of benzene rings is 2. The Morgan fingerprint density at radius 1 is 1.04 bits per heavy atom. The fourth-order valence-electron chi connectivity index (χ4n) is 2.67. The summed E-state index contributed by atoms with van der Waals surface area (Å²) >= 11 is 1.22. The molecule has 3 aromatic rings. The second kappa shape index (κ2) is 7.54. The minimum Gasteiger partial charge on any atom is -0.478 e. The van der Waals surface area contributed by atoms with Crippen LogP contribution in [-0.2, 0) is 6.42 Å². The van der Waals surface area contributed by atoms with Crippen LogP contribution in [-0.4, -0.2) is 17.0 Å². The molecule has 1 heterocycles. The van der Waals surface area contributed by atoms with E-state index in [9.17, 15) is 14.7 Å². The van der Waals surface area contributed by atoms with Gasteiger partial charge in [-0.3, -0.25) is 4.79 Å². The average Bonchev–Trinajstić information content (AvgIpc) is 3.06. The Bertz CT molecular complexity index is 940. The lowest BCUT2D eigenvalue weighted by atomic mass is 10.0. The van der Waals surface area contributed by atoms with Crippen LogP contribution in [0.25, 0.3) is 11.1 Å². The lowest BCUT2D eigenvalue weighted by Crippen LogP contribution is -2.13. The van der Waals surface area contributed by atoms with Crippen LogP contribution >= 0.6 is 11.3 Å². The third-order valence-electron chi connectivity index (χ3n) is 4.22. The van der Waals surface area contributed by atoms with Crippen molar-refractivity contribution in [1.82, 2.24) is 0 Å². The van der Waals surface area contributed by atoms with E-state index in [0.29, 0.717) is 16.1 Å². The summed E-state index contributed by atoms with van der Waals surface area (Å²) in [5.41, 5.74) is 4.31. The molecule has 0 fully saturated rings. The van der Waals surface area contributed by atoms with E-state index in [0.717, 1.165) is 17.5 Å². The number of carbonyl (C=O) groups excluding carboxylic acids is 1. The van der Waals surface area contributed by atoms with Crippen LogP contribution in [0.15, 0.2) is 53.9 Å². The summed E-state index contributed by atoms with van der Waals surface area (Å²) < 4.78 is 0. The maximum Gasteiger partial charge on any atom is 0.339 e. The molecule has 0 aliphatic carbocycles. The van der Waals surface area contributed by atoms with Gasteiger partial charge in [0.2, 0.25) is 0 Å². The summed E-state index contributed by atoms with van der Waals surface area (Å²) in [6, 6.07) is 15.0. The van der Waals surface area contributed by atoms with E-state index < -0.39 is 5.97 Å². The molecule has 0 bridgehead atoms. The Balaban J connectivity index is 1.93. The highest BCUT2D eigenvalue weighted by Crippen LogP contribution is 2.36. The van der Waals surface area contributed by atoms with Gasteiger partial charge in [0, 0.05) is 16.5 Å². The summed E-state index contributed by atoms with van der Waals surface area (Å²) in [5, 5.41) is 14.5. The molecule has 0 radical (unpaired) electrons. The van der Waals surface area contributed by atoms with Gasteiger partial charge in [-0.25, -0.2) is 4.79 Å². The first kappa shape index (κ1) is 17.9. The zero-order valence-electron chi connectivity index (χ0n) is 14.6. The second-order valence-corrected chi connectivity index (χ2v) is 6.91. The van der Waals surface area contributed by atoms with Gasteiger partial charge in [0.05, 0.1) is 0 Å². The van der Waals surface area contributed by atoms with Crippen molar-refractivity contribution in [3.05, 3.63) is 76.2 Å². The van der Waals surface area contributed by atoms with Gasteiger partial charge in [-0.15, -0.1) is 11.3 Å². The monoisotopic (exact) mass is 365 g/mol. The van der Waals surface area contributed by atoms with E-state index in [1.165, 1.54) is 16.9 Å². The predicted molar refractivity (Wildman–Crippen MR) is 105 cm³/mol. The molecule has 0 saturated heterocycles.